The van der Waals surface area contributed by atoms with E-state index in [4.69, 9.17) is 5.73 Å². The van der Waals surface area contributed by atoms with Crippen LogP contribution in [0.2, 0.25) is 0 Å². The predicted octanol–water partition coefficient (Wildman–Crippen LogP) is 1.90. The Morgan fingerprint density at radius 3 is 2.94 bits per heavy atom. The van der Waals surface area contributed by atoms with Crippen molar-refractivity contribution < 1.29 is 4.79 Å². The lowest BCUT2D eigenvalue weighted by Crippen LogP contribution is -2.33. The van der Waals surface area contributed by atoms with Gasteiger partial charge < -0.3 is 11.1 Å². The van der Waals surface area contributed by atoms with Gasteiger partial charge in [0.25, 0.3) is 0 Å². The van der Waals surface area contributed by atoms with Gasteiger partial charge in [0.1, 0.15) is 0 Å². The summed E-state index contributed by atoms with van der Waals surface area (Å²) >= 11 is 2.02. The molecule has 0 aromatic carbocycles. The Labute approximate surface area is 103 Å². The highest BCUT2D eigenvalue weighted by Crippen LogP contribution is 2.29. The molecule has 1 fully saturated rings. The van der Waals surface area contributed by atoms with E-state index in [-0.39, 0.29) is 11.9 Å². The van der Waals surface area contributed by atoms with E-state index in [0.29, 0.717) is 12.5 Å². The monoisotopic (exact) mass is 244 g/mol. The quantitative estimate of drug-likeness (QED) is 0.750. The molecule has 0 radical (unpaired) electrons. The molecule has 4 heteroatoms. The maximum atomic E-state index is 11.6. The second kappa shape index (κ2) is 7.17. The summed E-state index contributed by atoms with van der Waals surface area (Å²) in [5, 5.41) is 3.87. The van der Waals surface area contributed by atoms with Gasteiger partial charge in [-0.2, -0.15) is 11.8 Å². The van der Waals surface area contributed by atoms with Gasteiger partial charge >= 0.3 is 0 Å². The van der Waals surface area contributed by atoms with Gasteiger partial charge in [-0.3, -0.25) is 4.79 Å². The van der Waals surface area contributed by atoms with Crippen LogP contribution in [0.15, 0.2) is 0 Å². The van der Waals surface area contributed by atoms with Crippen LogP contribution in [0.1, 0.15) is 46.0 Å². The van der Waals surface area contributed by atoms with Crippen LogP contribution in [-0.4, -0.2) is 29.0 Å². The van der Waals surface area contributed by atoms with Crippen molar-refractivity contribution in [1.29, 1.82) is 0 Å². The second-order valence-electron chi connectivity index (χ2n) is 4.67. The fraction of sp³-hybridized carbons (Fsp3) is 0.917. The summed E-state index contributed by atoms with van der Waals surface area (Å²) in [6.45, 7) is 4.13. The lowest BCUT2D eigenvalue weighted by molar-refractivity contribution is -0.121. The smallest absolute Gasteiger partial charge is 0.220 e. The molecule has 3 nitrogen and oxygen atoms in total. The van der Waals surface area contributed by atoms with E-state index in [2.05, 4.69) is 12.2 Å². The van der Waals surface area contributed by atoms with Crippen LogP contribution >= 0.6 is 11.8 Å². The zero-order valence-electron chi connectivity index (χ0n) is 10.4. The summed E-state index contributed by atoms with van der Waals surface area (Å²) < 4.78 is 0. The molecule has 3 N–H and O–H groups in total. The molecule has 3 atom stereocenters. The average molecular weight is 244 g/mol. The summed E-state index contributed by atoms with van der Waals surface area (Å²) in [7, 11) is 0. The van der Waals surface area contributed by atoms with Crippen molar-refractivity contribution in [3.63, 3.8) is 0 Å². The van der Waals surface area contributed by atoms with E-state index < -0.39 is 0 Å². The second-order valence-corrected chi connectivity index (χ2v) is 6.25. The number of carbonyl (C=O) groups is 1. The molecule has 3 unspecified atom stereocenters. The summed E-state index contributed by atoms with van der Waals surface area (Å²) in [6, 6.07) is 0.530. The average Bonchev–Trinajstić information content (AvgIpc) is 2.63. The topological polar surface area (TPSA) is 55.1 Å². The number of hydrogen-bond acceptors (Lipinski definition) is 3. The molecule has 0 heterocycles. The molecule has 1 aliphatic rings. The molecule has 1 saturated carbocycles. The summed E-state index contributed by atoms with van der Waals surface area (Å²) in [5.74, 6) is 1.35. The van der Waals surface area contributed by atoms with Gasteiger partial charge in [0.05, 0.1) is 0 Å². The van der Waals surface area contributed by atoms with Gasteiger partial charge in [0, 0.05) is 23.8 Å². The first-order valence-electron chi connectivity index (χ1n) is 6.28. The minimum absolute atomic E-state index is 0.123. The molecule has 0 bridgehead atoms. The fourth-order valence-electron chi connectivity index (χ4n) is 2.12. The first-order valence-corrected chi connectivity index (χ1v) is 7.33. The van der Waals surface area contributed by atoms with Crippen molar-refractivity contribution in [3.05, 3.63) is 0 Å². The SMILES string of the molecule is CCSC1CCC(NC(=O)CCC(C)N)C1. The normalized spacial score (nSPS) is 26.7. The summed E-state index contributed by atoms with van der Waals surface area (Å²) in [6.07, 6.45) is 4.88. The predicted molar refractivity (Wildman–Crippen MR) is 70.6 cm³/mol. The van der Waals surface area contributed by atoms with Crippen molar-refractivity contribution in [2.75, 3.05) is 5.75 Å². The van der Waals surface area contributed by atoms with E-state index in [0.717, 1.165) is 24.5 Å². The molecule has 0 aromatic heterocycles. The molecule has 1 amide bonds. The maximum absolute atomic E-state index is 11.6. The minimum Gasteiger partial charge on any atom is -0.353 e. The lowest BCUT2D eigenvalue weighted by atomic mass is 10.1. The van der Waals surface area contributed by atoms with Crippen LogP contribution in [0.25, 0.3) is 0 Å². The number of carbonyl (C=O) groups excluding carboxylic acids is 1. The number of nitrogens with one attached hydrogen (secondary N) is 1. The minimum atomic E-state index is 0.123. The Hall–Kier alpha value is -0.220. The van der Waals surface area contributed by atoms with Gasteiger partial charge in [0.15, 0.2) is 0 Å². The maximum Gasteiger partial charge on any atom is 0.220 e. The molecule has 16 heavy (non-hydrogen) atoms. The van der Waals surface area contributed by atoms with Crippen molar-refractivity contribution in [3.8, 4) is 0 Å². The molecule has 0 aliphatic heterocycles. The Kier molecular flexibility index (Phi) is 6.21. The van der Waals surface area contributed by atoms with Gasteiger partial charge in [-0.05, 0) is 38.4 Å². The third kappa shape index (κ3) is 5.21. The molecule has 0 saturated heterocycles. The van der Waals surface area contributed by atoms with E-state index in [1.54, 1.807) is 0 Å². The van der Waals surface area contributed by atoms with Crippen LogP contribution in [0.4, 0.5) is 0 Å². The number of rotatable bonds is 6. The molecule has 94 valence electrons. The van der Waals surface area contributed by atoms with Gasteiger partial charge in [-0.1, -0.05) is 6.92 Å². The first-order chi connectivity index (χ1) is 7.61. The molecule has 1 rings (SSSR count). The van der Waals surface area contributed by atoms with E-state index in [1.165, 1.54) is 12.2 Å². The highest BCUT2D eigenvalue weighted by atomic mass is 32.2. The summed E-state index contributed by atoms with van der Waals surface area (Å²) in [4.78, 5) is 11.6. The van der Waals surface area contributed by atoms with E-state index in [9.17, 15) is 4.79 Å². The van der Waals surface area contributed by atoms with Crippen molar-refractivity contribution in [2.45, 2.75) is 63.3 Å². The number of nitrogens with two attached hydrogens (primary N) is 1. The van der Waals surface area contributed by atoms with Gasteiger partial charge in [-0.25, -0.2) is 0 Å². The van der Waals surface area contributed by atoms with Crippen LogP contribution in [0.5, 0.6) is 0 Å². The largest absolute Gasteiger partial charge is 0.353 e. The van der Waals surface area contributed by atoms with Crippen LogP contribution < -0.4 is 11.1 Å². The number of thioether (sulfide) groups is 1. The first kappa shape index (κ1) is 13.8. The van der Waals surface area contributed by atoms with E-state index >= 15 is 0 Å². The standard InChI is InChI=1S/C12H24N2OS/c1-3-16-11-6-5-10(8-11)14-12(15)7-4-9(2)13/h9-11H,3-8,13H2,1-2H3,(H,14,15). The van der Waals surface area contributed by atoms with Crippen molar-refractivity contribution in [1.82, 2.24) is 5.32 Å². The highest BCUT2D eigenvalue weighted by molar-refractivity contribution is 7.99. The summed E-state index contributed by atoms with van der Waals surface area (Å²) in [5.41, 5.74) is 5.63. The third-order valence-electron chi connectivity index (χ3n) is 2.98. The highest BCUT2D eigenvalue weighted by Gasteiger charge is 2.25. The van der Waals surface area contributed by atoms with Crippen LogP contribution in [-0.2, 0) is 4.79 Å². The molecular weight excluding hydrogens is 220 g/mol. The zero-order chi connectivity index (χ0) is 12.0. The van der Waals surface area contributed by atoms with Crippen LogP contribution in [0.3, 0.4) is 0 Å². The fourth-order valence-corrected chi connectivity index (χ4v) is 3.26. The van der Waals surface area contributed by atoms with Gasteiger partial charge in [-0.15, -0.1) is 0 Å². The van der Waals surface area contributed by atoms with Gasteiger partial charge in [0.2, 0.25) is 5.91 Å². The van der Waals surface area contributed by atoms with Crippen molar-refractivity contribution >= 4 is 17.7 Å². The Morgan fingerprint density at radius 2 is 2.31 bits per heavy atom. The molecular formula is C12H24N2OS. The Morgan fingerprint density at radius 1 is 1.56 bits per heavy atom. The third-order valence-corrected chi connectivity index (χ3v) is 4.21. The van der Waals surface area contributed by atoms with Crippen LogP contribution in [0, 0.1) is 0 Å². The van der Waals surface area contributed by atoms with E-state index in [1.807, 2.05) is 18.7 Å². The number of hydrogen-bond donors (Lipinski definition) is 2. The van der Waals surface area contributed by atoms with Crippen molar-refractivity contribution in [2.24, 2.45) is 5.73 Å². The Balaban J connectivity index is 2.15. The lowest BCUT2D eigenvalue weighted by Gasteiger charge is -2.13. The molecule has 1 aliphatic carbocycles. The zero-order valence-corrected chi connectivity index (χ0v) is 11.2. The number of amides is 1. The Bertz CT molecular complexity index is 221. The molecule has 0 aromatic rings. The molecule has 0 spiro atoms.